The average Bonchev–Trinajstić information content (AvgIpc) is 2.96. The Kier molecular flexibility index (Phi) is 5.17. The molecule has 0 atom stereocenters. The van der Waals surface area contributed by atoms with E-state index in [2.05, 4.69) is 5.32 Å². The number of nitrogens with one attached hydrogen (secondary N) is 1. The SMILES string of the molecule is Cc1ccc(-c2c(Nc3ccc(F)cc3)c3c(n2CC(=O)O)CC(C)(C)CC3=O)cc1. The molecule has 6 heteroatoms. The normalized spacial score (nSPS) is 14.9. The van der Waals surface area contributed by atoms with Crippen LogP contribution in [0.4, 0.5) is 15.8 Å². The number of aromatic nitrogens is 1. The molecule has 0 bridgehead atoms. The molecule has 0 aliphatic heterocycles. The predicted octanol–water partition coefficient (Wildman–Crippen LogP) is 5.59. The number of carboxylic acids is 1. The maximum atomic E-state index is 13.4. The molecular weight excluding hydrogens is 395 g/mol. The van der Waals surface area contributed by atoms with Gasteiger partial charge in [-0.25, -0.2) is 4.39 Å². The van der Waals surface area contributed by atoms with Crippen LogP contribution < -0.4 is 5.32 Å². The number of aryl methyl sites for hydroxylation is 1. The second kappa shape index (κ2) is 7.69. The van der Waals surface area contributed by atoms with Gasteiger partial charge < -0.3 is 15.0 Å². The molecule has 1 heterocycles. The first-order chi connectivity index (χ1) is 14.6. The summed E-state index contributed by atoms with van der Waals surface area (Å²) in [6.45, 7) is 5.77. The maximum absolute atomic E-state index is 13.4. The lowest BCUT2D eigenvalue weighted by atomic mass is 9.76. The Morgan fingerprint density at radius 3 is 2.35 bits per heavy atom. The van der Waals surface area contributed by atoms with E-state index in [4.69, 9.17) is 0 Å². The van der Waals surface area contributed by atoms with Gasteiger partial charge in [-0.1, -0.05) is 43.7 Å². The molecule has 0 saturated carbocycles. The number of ketones is 1. The van der Waals surface area contributed by atoms with E-state index in [1.165, 1.54) is 12.1 Å². The molecular formula is C25H25FN2O3. The molecule has 2 N–H and O–H groups in total. The zero-order valence-electron chi connectivity index (χ0n) is 17.8. The van der Waals surface area contributed by atoms with Crippen LogP contribution in [0.1, 0.15) is 41.9 Å². The molecule has 4 rings (SSSR count). The standard InChI is InChI=1S/C25H25FN2O3/c1-15-4-6-16(7-5-15)24-23(27-18-10-8-17(26)9-11-18)22-19(28(24)14-21(30)31)12-25(2,3)13-20(22)29/h4-11,27H,12-14H2,1-3H3,(H,30,31). The number of fused-ring (bicyclic) bond motifs is 1. The summed E-state index contributed by atoms with van der Waals surface area (Å²) in [6.07, 6.45) is 0.966. The van der Waals surface area contributed by atoms with Crippen molar-refractivity contribution in [2.75, 3.05) is 5.32 Å². The van der Waals surface area contributed by atoms with Gasteiger partial charge in [0.15, 0.2) is 5.78 Å². The molecule has 1 aliphatic rings. The van der Waals surface area contributed by atoms with Crippen LogP contribution in [0.25, 0.3) is 11.3 Å². The van der Waals surface area contributed by atoms with Gasteiger partial charge in [0.2, 0.25) is 0 Å². The quantitative estimate of drug-likeness (QED) is 0.565. The van der Waals surface area contributed by atoms with Crippen molar-refractivity contribution >= 4 is 23.1 Å². The molecule has 1 aliphatic carbocycles. The number of rotatable bonds is 5. The molecule has 0 amide bonds. The van der Waals surface area contributed by atoms with Crippen LogP contribution in [0, 0.1) is 18.2 Å². The number of hydrogen-bond acceptors (Lipinski definition) is 3. The summed E-state index contributed by atoms with van der Waals surface area (Å²) in [6, 6.07) is 13.7. The summed E-state index contributed by atoms with van der Waals surface area (Å²) in [5.41, 5.74) is 4.74. The lowest BCUT2D eigenvalue weighted by Gasteiger charge is -2.29. The van der Waals surface area contributed by atoms with Gasteiger partial charge in [0, 0.05) is 23.4 Å². The fourth-order valence-electron chi connectivity index (χ4n) is 4.31. The molecule has 0 saturated heterocycles. The van der Waals surface area contributed by atoms with Crippen molar-refractivity contribution in [3.05, 3.63) is 71.2 Å². The first-order valence-electron chi connectivity index (χ1n) is 10.2. The molecule has 3 aromatic rings. The van der Waals surface area contributed by atoms with E-state index in [9.17, 15) is 19.1 Å². The first-order valence-corrected chi connectivity index (χ1v) is 10.2. The average molecular weight is 420 g/mol. The van der Waals surface area contributed by atoms with Crippen LogP contribution in [-0.4, -0.2) is 21.4 Å². The number of aliphatic carboxylic acids is 1. The van der Waals surface area contributed by atoms with Crippen LogP contribution in [0.15, 0.2) is 48.5 Å². The zero-order valence-corrected chi connectivity index (χ0v) is 17.8. The first kappa shape index (κ1) is 20.8. The molecule has 0 radical (unpaired) electrons. The van der Waals surface area contributed by atoms with E-state index in [1.54, 1.807) is 16.7 Å². The number of Topliss-reactive ketones (excluding diaryl/α,β-unsaturated/α-hetero) is 1. The zero-order chi connectivity index (χ0) is 22.3. The third kappa shape index (κ3) is 4.10. The number of nitrogens with zero attached hydrogens (tertiary/aromatic N) is 1. The van der Waals surface area contributed by atoms with Gasteiger partial charge in [-0.3, -0.25) is 9.59 Å². The van der Waals surface area contributed by atoms with Crippen LogP contribution in [0.3, 0.4) is 0 Å². The topological polar surface area (TPSA) is 71.3 Å². The summed E-state index contributed by atoms with van der Waals surface area (Å²) in [7, 11) is 0. The lowest BCUT2D eigenvalue weighted by molar-refractivity contribution is -0.137. The van der Waals surface area contributed by atoms with E-state index in [1.807, 2.05) is 45.0 Å². The summed E-state index contributed by atoms with van der Waals surface area (Å²) >= 11 is 0. The number of carbonyl (C=O) groups is 2. The number of hydrogen-bond donors (Lipinski definition) is 2. The monoisotopic (exact) mass is 420 g/mol. The van der Waals surface area contributed by atoms with Gasteiger partial charge in [-0.2, -0.15) is 0 Å². The molecule has 31 heavy (non-hydrogen) atoms. The molecule has 2 aromatic carbocycles. The van der Waals surface area contributed by atoms with E-state index >= 15 is 0 Å². The third-order valence-electron chi connectivity index (χ3n) is 5.67. The van der Waals surface area contributed by atoms with Crippen molar-refractivity contribution < 1.29 is 19.1 Å². The van der Waals surface area contributed by atoms with E-state index < -0.39 is 5.97 Å². The van der Waals surface area contributed by atoms with Crippen molar-refractivity contribution in [2.45, 2.75) is 40.2 Å². The minimum Gasteiger partial charge on any atom is -0.480 e. The molecule has 160 valence electrons. The molecule has 5 nitrogen and oxygen atoms in total. The summed E-state index contributed by atoms with van der Waals surface area (Å²) < 4.78 is 15.2. The highest BCUT2D eigenvalue weighted by Gasteiger charge is 2.38. The Labute approximate surface area is 180 Å². The fourth-order valence-corrected chi connectivity index (χ4v) is 4.31. The number of benzene rings is 2. The van der Waals surface area contributed by atoms with E-state index in [-0.39, 0.29) is 23.6 Å². The highest BCUT2D eigenvalue weighted by atomic mass is 19.1. The molecule has 0 unspecified atom stereocenters. The van der Waals surface area contributed by atoms with Gasteiger partial charge in [0.05, 0.1) is 16.9 Å². The minimum atomic E-state index is -0.977. The smallest absolute Gasteiger partial charge is 0.323 e. The Balaban J connectivity index is 1.99. The largest absolute Gasteiger partial charge is 0.480 e. The van der Waals surface area contributed by atoms with Crippen molar-refractivity contribution in [1.29, 1.82) is 0 Å². The Morgan fingerprint density at radius 2 is 1.74 bits per heavy atom. The summed E-state index contributed by atoms with van der Waals surface area (Å²) in [5.74, 6) is -1.35. The number of halogens is 1. The number of carboxylic acid groups (broad SMARTS) is 1. The number of carbonyl (C=O) groups excluding carboxylic acids is 1. The minimum absolute atomic E-state index is 0.0200. The Hall–Kier alpha value is -3.41. The molecule has 1 aromatic heterocycles. The lowest BCUT2D eigenvalue weighted by Crippen LogP contribution is -2.29. The highest BCUT2D eigenvalue weighted by molar-refractivity contribution is 6.08. The van der Waals surface area contributed by atoms with E-state index in [0.29, 0.717) is 35.5 Å². The summed E-state index contributed by atoms with van der Waals surface area (Å²) in [5, 5.41) is 12.9. The van der Waals surface area contributed by atoms with Gasteiger partial charge >= 0.3 is 5.97 Å². The number of anilines is 2. The molecule has 0 fully saturated rings. The maximum Gasteiger partial charge on any atom is 0.323 e. The second-order valence-electron chi connectivity index (χ2n) is 8.96. The van der Waals surface area contributed by atoms with Crippen molar-refractivity contribution in [2.24, 2.45) is 5.41 Å². The van der Waals surface area contributed by atoms with Crippen LogP contribution in [0.5, 0.6) is 0 Å². The second-order valence-corrected chi connectivity index (χ2v) is 8.96. The highest BCUT2D eigenvalue weighted by Crippen LogP contribution is 2.45. The van der Waals surface area contributed by atoms with Crippen molar-refractivity contribution in [3.63, 3.8) is 0 Å². The van der Waals surface area contributed by atoms with Crippen molar-refractivity contribution in [3.8, 4) is 11.3 Å². The van der Waals surface area contributed by atoms with Crippen LogP contribution in [0.2, 0.25) is 0 Å². The van der Waals surface area contributed by atoms with Crippen molar-refractivity contribution in [1.82, 2.24) is 4.57 Å². The third-order valence-corrected chi connectivity index (χ3v) is 5.67. The van der Waals surface area contributed by atoms with Gasteiger partial charge in [-0.15, -0.1) is 0 Å². The van der Waals surface area contributed by atoms with E-state index in [0.717, 1.165) is 16.8 Å². The van der Waals surface area contributed by atoms with Gasteiger partial charge in [0.25, 0.3) is 0 Å². The molecule has 0 spiro atoms. The fraction of sp³-hybridized carbons (Fsp3) is 0.280. The Bertz CT molecular complexity index is 1160. The summed E-state index contributed by atoms with van der Waals surface area (Å²) in [4.78, 5) is 25.0. The van der Waals surface area contributed by atoms with Gasteiger partial charge in [-0.05, 0) is 43.0 Å². The predicted molar refractivity (Wildman–Crippen MR) is 118 cm³/mol. The van der Waals surface area contributed by atoms with Crippen LogP contribution in [-0.2, 0) is 17.8 Å². The van der Waals surface area contributed by atoms with Crippen LogP contribution >= 0.6 is 0 Å². The Morgan fingerprint density at radius 1 is 1.10 bits per heavy atom. The van der Waals surface area contributed by atoms with Gasteiger partial charge in [0.1, 0.15) is 12.4 Å².